The molecule has 4 atom stereocenters. The Labute approximate surface area is 93.8 Å². The van der Waals surface area contributed by atoms with Gasteiger partial charge in [-0.15, -0.1) is 0 Å². The number of ether oxygens (including phenoxy) is 1. The van der Waals surface area contributed by atoms with E-state index in [1.54, 1.807) is 0 Å². The van der Waals surface area contributed by atoms with Crippen LogP contribution in [0, 0.1) is 0 Å². The smallest absolute Gasteiger partial charge is 0.222 e. The standard InChI is InChI=1S/C10H18N2O4/c11-4-7-10(15)9(14)6(16-7)3-8(13)12-5-1-2-5/h5-7,9-10,14-15H,1-4,11H2,(H,12,13)/t6-,7-,9-,10-/m1/s1. The summed E-state index contributed by atoms with van der Waals surface area (Å²) in [6.07, 6.45) is -1.13. The second-order valence-electron chi connectivity index (χ2n) is 4.48. The molecule has 1 amide bonds. The van der Waals surface area contributed by atoms with Gasteiger partial charge in [0.25, 0.3) is 0 Å². The van der Waals surface area contributed by atoms with Crippen molar-refractivity contribution < 1.29 is 19.7 Å². The largest absolute Gasteiger partial charge is 0.388 e. The highest BCUT2D eigenvalue weighted by atomic mass is 16.5. The van der Waals surface area contributed by atoms with E-state index in [1.807, 2.05) is 0 Å². The quantitative estimate of drug-likeness (QED) is 0.451. The molecule has 2 aliphatic rings. The van der Waals surface area contributed by atoms with E-state index in [1.165, 1.54) is 0 Å². The van der Waals surface area contributed by atoms with Gasteiger partial charge in [0.15, 0.2) is 0 Å². The van der Waals surface area contributed by atoms with Gasteiger partial charge < -0.3 is 26.0 Å². The predicted molar refractivity (Wildman–Crippen MR) is 55.5 cm³/mol. The molecule has 6 heteroatoms. The van der Waals surface area contributed by atoms with Crippen molar-refractivity contribution in [3.05, 3.63) is 0 Å². The fourth-order valence-electron chi connectivity index (χ4n) is 1.89. The number of nitrogens with two attached hydrogens (primary N) is 1. The van der Waals surface area contributed by atoms with E-state index in [2.05, 4.69) is 5.32 Å². The molecule has 0 aromatic carbocycles. The van der Waals surface area contributed by atoms with Gasteiger partial charge in [0, 0.05) is 12.6 Å². The second kappa shape index (κ2) is 4.67. The van der Waals surface area contributed by atoms with Gasteiger partial charge in [-0.1, -0.05) is 0 Å². The van der Waals surface area contributed by atoms with Crippen molar-refractivity contribution in [1.29, 1.82) is 0 Å². The molecule has 0 aromatic rings. The summed E-state index contributed by atoms with van der Waals surface area (Å²) < 4.78 is 5.32. The van der Waals surface area contributed by atoms with Crippen molar-refractivity contribution in [3.63, 3.8) is 0 Å². The number of hydrogen-bond donors (Lipinski definition) is 4. The van der Waals surface area contributed by atoms with E-state index < -0.39 is 24.4 Å². The Kier molecular flexibility index (Phi) is 3.44. The van der Waals surface area contributed by atoms with Crippen LogP contribution < -0.4 is 11.1 Å². The minimum absolute atomic E-state index is 0.0746. The summed E-state index contributed by atoms with van der Waals surface area (Å²) in [5.74, 6) is -0.142. The first kappa shape index (κ1) is 11.8. The predicted octanol–water partition coefficient (Wildman–Crippen LogP) is -1.90. The first-order valence-corrected chi connectivity index (χ1v) is 5.63. The fraction of sp³-hybridized carbons (Fsp3) is 0.900. The lowest BCUT2D eigenvalue weighted by atomic mass is 10.1. The molecule has 2 fully saturated rings. The molecule has 1 saturated carbocycles. The average molecular weight is 230 g/mol. The number of aliphatic hydroxyl groups excluding tert-OH is 2. The van der Waals surface area contributed by atoms with Crippen molar-refractivity contribution in [3.8, 4) is 0 Å². The Morgan fingerprint density at radius 1 is 1.31 bits per heavy atom. The molecule has 0 unspecified atom stereocenters. The maximum atomic E-state index is 11.5. The molecule has 0 spiro atoms. The van der Waals surface area contributed by atoms with E-state index >= 15 is 0 Å². The van der Waals surface area contributed by atoms with Crippen LogP contribution in [0.25, 0.3) is 0 Å². The van der Waals surface area contributed by atoms with Crippen LogP contribution >= 0.6 is 0 Å². The van der Waals surface area contributed by atoms with Crippen LogP contribution in [-0.2, 0) is 9.53 Å². The lowest BCUT2D eigenvalue weighted by Gasteiger charge is -2.13. The molecule has 2 rings (SSSR count). The number of amides is 1. The lowest BCUT2D eigenvalue weighted by Crippen LogP contribution is -2.37. The third-order valence-corrected chi connectivity index (χ3v) is 3.02. The molecule has 1 aliphatic carbocycles. The summed E-state index contributed by atoms with van der Waals surface area (Å²) in [5, 5.41) is 22.0. The van der Waals surface area contributed by atoms with Gasteiger partial charge in [-0.2, -0.15) is 0 Å². The number of nitrogens with one attached hydrogen (secondary N) is 1. The van der Waals surface area contributed by atoms with E-state index in [9.17, 15) is 15.0 Å². The summed E-state index contributed by atoms with van der Waals surface area (Å²) in [7, 11) is 0. The molecule has 0 bridgehead atoms. The number of carbonyl (C=O) groups is 1. The highest BCUT2D eigenvalue weighted by molar-refractivity contribution is 5.77. The van der Waals surface area contributed by atoms with E-state index in [4.69, 9.17) is 10.5 Å². The van der Waals surface area contributed by atoms with Crippen molar-refractivity contribution >= 4 is 5.91 Å². The summed E-state index contributed by atoms with van der Waals surface area (Å²) in [6, 6.07) is 0.293. The summed E-state index contributed by atoms with van der Waals surface area (Å²) in [4.78, 5) is 11.5. The highest BCUT2D eigenvalue weighted by Crippen LogP contribution is 2.24. The Bertz CT molecular complexity index is 270. The molecular formula is C10H18N2O4. The molecule has 5 N–H and O–H groups in total. The Morgan fingerprint density at radius 2 is 1.94 bits per heavy atom. The van der Waals surface area contributed by atoms with Gasteiger partial charge in [-0.25, -0.2) is 0 Å². The van der Waals surface area contributed by atoms with Crippen molar-refractivity contribution in [2.45, 2.75) is 49.7 Å². The molecule has 6 nitrogen and oxygen atoms in total. The van der Waals surface area contributed by atoms with Crippen LogP contribution in [-0.4, -0.2) is 53.1 Å². The topological polar surface area (TPSA) is 105 Å². The van der Waals surface area contributed by atoms with Gasteiger partial charge >= 0.3 is 0 Å². The first-order valence-electron chi connectivity index (χ1n) is 5.63. The number of rotatable bonds is 4. The van der Waals surface area contributed by atoms with Gasteiger partial charge in [0.1, 0.15) is 12.2 Å². The second-order valence-corrected chi connectivity index (χ2v) is 4.48. The van der Waals surface area contributed by atoms with Gasteiger partial charge in [0.2, 0.25) is 5.91 Å². The van der Waals surface area contributed by atoms with Gasteiger partial charge in [-0.3, -0.25) is 4.79 Å². The Morgan fingerprint density at radius 3 is 2.44 bits per heavy atom. The first-order chi connectivity index (χ1) is 7.61. The summed E-state index contributed by atoms with van der Waals surface area (Å²) >= 11 is 0. The van der Waals surface area contributed by atoms with Gasteiger partial charge in [-0.05, 0) is 12.8 Å². The molecule has 1 aliphatic heterocycles. The monoisotopic (exact) mass is 230 g/mol. The molecule has 16 heavy (non-hydrogen) atoms. The number of carbonyl (C=O) groups excluding carboxylic acids is 1. The lowest BCUT2D eigenvalue weighted by molar-refractivity contribution is -0.125. The van der Waals surface area contributed by atoms with E-state index in [-0.39, 0.29) is 18.9 Å². The van der Waals surface area contributed by atoms with Crippen molar-refractivity contribution in [2.24, 2.45) is 5.73 Å². The average Bonchev–Trinajstić information content (AvgIpc) is 3.01. The maximum absolute atomic E-state index is 11.5. The number of aliphatic hydroxyl groups is 2. The molecule has 1 saturated heterocycles. The zero-order chi connectivity index (χ0) is 11.7. The fourth-order valence-corrected chi connectivity index (χ4v) is 1.89. The highest BCUT2D eigenvalue weighted by Gasteiger charge is 2.42. The van der Waals surface area contributed by atoms with Crippen LogP contribution in [0.2, 0.25) is 0 Å². The molecule has 0 aromatic heterocycles. The van der Waals surface area contributed by atoms with Crippen molar-refractivity contribution in [1.82, 2.24) is 5.32 Å². The van der Waals surface area contributed by atoms with Crippen LogP contribution in [0.5, 0.6) is 0 Å². The zero-order valence-electron chi connectivity index (χ0n) is 9.00. The third kappa shape index (κ3) is 2.52. The normalized spacial score (nSPS) is 38.7. The summed E-state index contributed by atoms with van der Waals surface area (Å²) in [6.45, 7) is 0.138. The SMILES string of the molecule is NC[C@H]1O[C@H](CC(=O)NC2CC2)[C@@H](O)[C@@H]1O. The van der Waals surface area contributed by atoms with E-state index in [0.717, 1.165) is 12.8 Å². The molecular weight excluding hydrogens is 212 g/mol. The number of hydrogen-bond acceptors (Lipinski definition) is 5. The maximum Gasteiger partial charge on any atom is 0.222 e. The zero-order valence-corrected chi connectivity index (χ0v) is 9.00. The van der Waals surface area contributed by atoms with Crippen LogP contribution in [0.15, 0.2) is 0 Å². The van der Waals surface area contributed by atoms with E-state index in [0.29, 0.717) is 6.04 Å². The molecule has 92 valence electrons. The molecule has 0 radical (unpaired) electrons. The third-order valence-electron chi connectivity index (χ3n) is 3.02. The van der Waals surface area contributed by atoms with Crippen molar-refractivity contribution in [2.75, 3.05) is 6.54 Å². The summed E-state index contributed by atoms with van der Waals surface area (Å²) in [5.41, 5.74) is 5.37. The van der Waals surface area contributed by atoms with Gasteiger partial charge in [0.05, 0.1) is 18.6 Å². The minimum Gasteiger partial charge on any atom is -0.388 e. The van der Waals surface area contributed by atoms with Crippen LogP contribution in [0.1, 0.15) is 19.3 Å². The van der Waals surface area contributed by atoms with Crippen LogP contribution in [0.3, 0.4) is 0 Å². The molecule has 1 heterocycles. The Balaban J connectivity index is 1.82. The minimum atomic E-state index is -1.03. The van der Waals surface area contributed by atoms with Crippen LogP contribution in [0.4, 0.5) is 0 Å². The Hall–Kier alpha value is -0.690.